The van der Waals surface area contributed by atoms with Gasteiger partial charge in [0.05, 0.1) is 19.1 Å². The van der Waals surface area contributed by atoms with Crippen LogP contribution in [0.4, 0.5) is 0 Å². The second-order valence-corrected chi connectivity index (χ2v) is 5.10. The van der Waals surface area contributed by atoms with Gasteiger partial charge in [-0.05, 0) is 19.4 Å². The highest BCUT2D eigenvalue weighted by molar-refractivity contribution is 5.76. The molecule has 1 heterocycles. The van der Waals surface area contributed by atoms with E-state index in [1.165, 1.54) is 0 Å². The number of hydrogen-bond donors (Lipinski definition) is 3. The number of carbonyl (C=O) groups is 1. The number of hydrogen-bond acceptors (Lipinski definition) is 4. The minimum atomic E-state index is -0.500. The minimum absolute atomic E-state index is 0.0543. The molecule has 0 radical (unpaired) electrons. The van der Waals surface area contributed by atoms with Crippen molar-refractivity contribution in [1.82, 2.24) is 4.90 Å². The van der Waals surface area contributed by atoms with Gasteiger partial charge in [0.25, 0.3) is 0 Å². The van der Waals surface area contributed by atoms with Gasteiger partial charge in [-0.25, -0.2) is 0 Å². The summed E-state index contributed by atoms with van der Waals surface area (Å²) in [7, 11) is 0. The van der Waals surface area contributed by atoms with E-state index in [2.05, 4.69) is 4.90 Å². The molecule has 1 fully saturated rings. The van der Waals surface area contributed by atoms with Gasteiger partial charge in [-0.1, -0.05) is 6.92 Å². The molecule has 5 nitrogen and oxygen atoms in total. The van der Waals surface area contributed by atoms with Crippen LogP contribution < -0.4 is 5.73 Å². The maximum absolute atomic E-state index is 11.1. The van der Waals surface area contributed by atoms with Crippen molar-refractivity contribution in [2.24, 2.45) is 17.1 Å². The lowest BCUT2D eigenvalue weighted by molar-refractivity contribution is -0.123. The summed E-state index contributed by atoms with van der Waals surface area (Å²) in [5.41, 5.74) is 4.79. The first-order valence-corrected chi connectivity index (χ1v) is 5.74. The number of carbonyl (C=O) groups excluding carboxylic acids is 1. The van der Waals surface area contributed by atoms with Crippen molar-refractivity contribution in [3.8, 4) is 0 Å². The zero-order chi connectivity index (χ0) is 12.2. The summed E-state index contributed by atoms with van der Waals surface area (Å²) in [4.78, 5) is 13.2. The first-order chi connectivity index (χ1) is 7.50. The third-order valence-corrected chi connectivity index (χ3v) is 3.28. The molecule has 0 aromatic carbocycles. The van der Waals surface area contributed by atoms with Crippen molar-refractivity contribution >= 4 is 5.91 Å². The molecule has 94 valence electrons. The molecule has 16 heavy (non-hydrogen) atoms. The number of nitrogens with two attached hydrogens (primary N) is 1. The highest BCUT2D eigenvalue weighted by atomic mass is 16.3. The van der Waals surface area contributed by atoms with Gasteiger partial charge < -0.3 is 20.8 Å². The summed E-state index contributed by atoms with van der Waals surface area (Å²) in [5, 5.41) is 18.4. The number of nitrogens with zero attached hydrogens (tertiary/aromatic N) is 1. The van der Waals surface area contributed by atoms with Gasteiger partial charge in [0.2, 0.25) is 5.91 Å². The molecule has 0 aliphatic carbocycles. The number of likely N-dealkylation sites (tertiary alicyclic amines) is 1. The summed E-state index contributed by atoms with van der Waals surface area (Å²) in [6, 6.07) is 0. The Balaban J connectivity index is 2.51. The van der Waals surface area contributed by atoms with Crippen molar-refractivity contribution in [3.05, 3.63) is 0 Å². The molecule has 0 saturated carbocycles. The predicted octanol–water partition coefficient (Wildman–Crippen LogP) is -0.825. The number of amides is 1. The van der Waals surface area contributed by atoms with Crippen LogP contribution in [0.25, 0.3) is 0 Å². The molecule has 1 unspecified atom stereocenters. The topological polar surface area (TPSA) is 86.8 Å². The van der Waals surface area contributed by atoms with Gasteiger partial charge in [-0.15, -0.1) is 0 Å². The van der Waals surface area contributed by atoms with E-state index in [1.54, 1.807) is 0 Å². The third kappa shape index (κ3) is 3.43. The van der Waals surface area contributed by atoms with Crippen molar-refractivity contribution in [2.45, 2.75) is 19.8 Å². The smallest absolute Gasteiger partial charge is 0.221 e. The molecule has 0 spiro atoms. The molecule has 5 heteroatoms. The average Bonchev–Trinajstić information content (AvgIpc) is 2.29. The minimum Gasteiger partial charge on any atom is -0.396 e. The van der Waals surface area contributed by atoms with E-state index in [4.69, 9.17) is 5.73 Å². The van der Waals surface area contributed by atoms with Crippen molar-refractivity contribution in [2.75, 3.05) is 32.8 Å². The Morgan fingerprint density at radius 2 is 2.12 bits per heavy atom. The Labute approximate surface area is 96.2 Å². The second-order valence-electron chi connectivity index (χ2n) is 5.10. The van der Waals surface area contributed by atoms with Crippen LogP contribution in [-0.4, -0.2) is 53.9 Å². The molecule has 4 N–H and O–H groups in total. The van der Waals surface area contributed by atoms with Crippen LogP contribution in [0, 0.1) is 11.3 Å². The number of aliphatic hydroxyl groups excluding tert-OH is 2. The lowest BCUT2D eigenvalue weighted by atomic mass is 9.89. The Kier molecular flexibility index (Phi) is 4.70. The highest BCUT2D eigenvalue weighted by Gasteiger charge is 2.30. The molecule has 0 bridgehead atoms. The Morgan fingerprint density at radius 3 is 2.62 bits per heavy atom. The first-order valence-electron chi connectivity index (χ1n) is 5.74. The molecule has 1 saturated heterocycles. The second kappa shape index (κ2) is 5.61. The summed E-state index contributed by atoms with van der Waals surface area (Å²) in [5.74, 6) is -0.338. The summed E-state index contributed by atoms with van der Waals surface area (Å²) in [6.45, 7) is 3.87. The third-order valence-electron chi connectivity index (χ3n) is 3.28. The fourth-order valence-electron chi connectivity index (χ4n) is 2.12. The molecule has 1 rings (SSSR count). The monoisotopic (exact) mass is 230 g/mol. The van der Waals surface area contributed by atoms with Gasteiger partial charge >= 0.3 is 0 Å². The van der Waals surface area contributed by atoms with Gasteiger partial charge in [-0.2, -0.15) is 0 Å². The van der Waals surface area contributed by atoms with E-state index >= 15 is 0 Å². The molecule has 1 amide bonds. The summed E-state index contributed by atoms with van der Waals surface area (Å²) < 4.78 is 0. The van der Waals surface area contributed by atoms with Crippen molar-refractivity contribution in [1.29, 1.82) is 0 Å². The van der Waals surface area contributed by atoms with E-state index in [1.807, 2.05) is 6.92 Å². The zero-order valence-electron chi connectivity index (χ0n) is 9.85. The van der Waals surface area contributed by atoms with Gasteiger partial charge in [-0.3, -0.25) is 4.79 Å². The van der Waals surface area contributed by atoms with E-state index in [0.29, 0.717) is 13.1 Å². The highest BCUT2D eigenvalue weighted by Crippen LogP contribution is 2.22. The van der Waals surface area contributed by atoms with Crippen molar-refractivity contribution in [3.63, 3.8) is 0 Å². The van der Waals surface area contributed by atoms with Crippen LogP contribution in [0.5, 0.6) is 0 Å². The maximum Gasteiger partial charge on any atom is 0.221 e. The van der Waals surface area contributed by atoms with Crippen molar-refractivity contribution < 1.29 is 15.0 Å². The standard InChI is InChI=1S/C11H22N2O3/c1-11(7-14,8-15)6-13-4-2-3-9(5-13)10(12)16/h9,14-15H,2-8H2,1H3,(H2,12,16). The molecule has 0 aromatic rings. The number of primary amides is 1. The summed E-state index contributed by atoms with van der Waals surface area (Å²) in [6.07, 6.45) is 1.79. The lowest BCUT2D eigenvalue weighted by Gasteiger charge is -2.37. The molecule has 1 aliphatic heterocycles. The van der Waals surface area contributed by atoms with Gasteiger partial charge in [0.15, 0.2) is 0 Å². The van der Waals surface area contributed by atoms with Crippen LogP contribution in [0.3, 0.4) is 0 Å². The van der Waals surface area contributed by atoms with Crippen LogP contribution in [0.1, 0.15) is 19.8 Å². The Hall–Kier alpha value is -0.650. The summed E-state index contributed by atoms with van der Waals surface area (Å²) >= 11 is 0. The predicted molar refractivity (Wildman–Crippen MR) is 60.6 cm³/mol. The molecule has 1 atom stereocenters. The average molecular weight is 230 g/mol. The first kappa shape index (κ1) is 13.4. The largest absolute Gasteiger partial charge is 0.396 e. The van der Waals surface area contributed by atoms with Gasteiger partial charge in [0, 0.05) is 18.5 Å². The maximum atomic E-state index is 11.1. The fourth-order valence-corrected chi connectivity index (χ4v) is 2.12. The van der Waals surface area contributed by atoms with Crippen LogP contribution in [0.15, 0.2) is 0 Å². The lowest BCUT2D eigenvalue weighted by Crippen LogP contribution is -2.47. The van der Waals surface area contributed by atoms with Crippen LogP contribution >= 0.6 is 0 Å². The van der Waals surface area contributed by atoms with Gasteiger partial charge in [0.1, 0.15) is 0 Å². The van der Waals surface area contributed by atoms with E-state index < -0.39 is 5.41 Å². The Bertz CT molecular complexity index is 241. The SMILES string of the molecule is CC(CO)(CO)CN1CCCC(C(N)=O)C1. The van der Waals surface area contributed by atoms with Crippen LogP contribution in [0.2, 0.25) is 0 Å². The van der Waals surface area contributed by atoms with Crippen LogP contribution in [-0.2, 0) is 4.79 Å². The molecular formula is C11H22N2O3. The molecule has 1 aliphatic rings. The van der Waals surface area contributed by atoms with E-state index in [9.17, 15) is 15.0 Å². The molecule has 0 aromatic heterocycles. The quantitative estimate of drug-likeness (QED) is 0.575. The zero-order valence-corrected chi connectivity index (χ0v) is 9.85. The number of aliphatic hydroxyl groups is 2. The fraction of sp³-hybridized carbons (Fsp3) is 0.909. The normalized spacial score (nSPS) is 23.3. The number of piperidine rings is 1. The van der Waals surface area contributed by atoms with E-state index in [-0.39, 0.29) is 25.0 Å². The Morgan fingerprint density at radius 1 is 1.50 bits per heavy atom. The number of rotatable bonds is 5. The van der Waals surface area contributed by atoms with E-state index in [0.717, 1.165) is 19.4 Å². The molecular weight excluding hydrogens is 208 g/mol.